The monoisotopic (exact) mass is 267 g/mol. The smallest absolute Gasteiger partial charge is 0.234 e. The van der Waals surface area contributed by atoms with Gasteiger partial charge in [0.2, 0.25) is 5.91 Å². The fraction of sp³-hybridized carbons (Fsp3) is 0.933. The second-order valence-corrected chi connectivity index (χ2v) is 6.08. The zero-order valence-electron chi connectivity index (χ0n) is 12.3. The number of amides is 1. The molecule has 1 saturated carbocycles. The van der Waals surface area contributed by atoms with Gasteiger partial charge in [-0.2, -0.15) is 0 Å². The van der Waals surface area contributed by atoms with Gasteiger partial charge in [0.05, 0.1) is 6.54 Å². The number of carbonyl (C=O) groups excluding carboxylic acids is 1. The fourth-order valence-electron chi connectivity index (χ4n) is 3.24. The summed E-state index contributed by atoms with van der Waals surface area (Å²) in [5.41, 5.74) is 0. The molecule has 1 aliphatic carbocycles. The van der Waals surface area contributed by atoms with Gasteiger partial charge in [-0.15, -0.1) is 0 Å². The highest BCUT2D eigenvalue weighted by Crippen LogP contribution is 2.18. The minimum Gasteiger partial charge on any atom is -0.352 e. The molecule has 0 spiro atoms. The highest BCUT2D eigenvalue weighted by atomic mass is 16.2. The molecule has 1 heterocycles. The molecular weight excluding hydrogens is 238 g/mol. The number of carbonyl (C=O) groups is 1. The van der Waals surface area contributed by atoms with Gasteiger partial charge in [-0.25, -0.2) is 0 Å². The fourth-order valence-corrected chi connectivity index (χ4v) is 3.24. The molecule has 1 saturated heterocycles. The van der Waals surface area contributed by atoms with E-state index in [0.717, 1.165) is 32.1 Å². The molecule has 2 fully saturated rings. The Morgan fingerprint density at radius 1 is 1.16 bits per heavy atom. The van der Waals surface area contributed by atoms with Gasteiger partial charge < -0.3 is 10.6 Å². The van der Waals surface area contributed by atoms with E-state index in [9.17, 15) is 4.79 Å². The lowest BCUT2D eigenvalue weighted by atomic mass is 9.97. The van der Waals surface area contributed by atoms with Gasteiger partial charge in [0, 0.05) is 6.04 Å². The van der Waals surface area contributed by atoms with E-state index in [0.29, 0.717) is 12.6 Å². The number of nitrogens with one attached hydrogen (secondary N) is 2. The standard InChI is InChI=1S/C15H29N3O/c1-2-16-11-13-7-9-18(10-8-13)12-15(19)17-14-5-3-4-6-14/h13-14,16H,2-12H2,1H3,(H,17,19). The maximum atomic E-state index is 12.0. The second kappa shape index (κ2) is 7.85. The molecular formula is C15H29N3O. The molecule has 0 bridgehead atoms. The predicted octanol–water partition coefficient (Wildman–Crippen LogP) is 1.37. The van der Waals surface area contributed by atoms with Crippen molar-refractivity contribution in [3.63, 3.8) is 0 Å². The highest BCUT2D eigenvalue weighted by molar-refractivity contribution is 5.78. The highest BCUT2D eigenvalue weighted by Gasteiger charge is 2.22. The first-order valence-corrected chi connectivity index (χ1v) is 8.00. The summed E-state index contributed by atoms with van der Waals surface area (Å²) in [6.07, 6.45) is 7.36. The molecule has 2 aliphatic rings. The Kier molecular flexibility index (Phi) is 6.11. The van der Waals surface area contributed by atoms with Crippen molar-refractivity contribution in [2.45, 2.75) is 51.5 Å². The number of likely N-dealkylation sites (tertiary alicyclic amines) is 1. The molecule has 0 aromatic carbocycles. The zero-order chi connectivity index (χ0) is 13.5. The summed E-state index contributed by atoms with van der Waals surface area (Å²) in [6, 6.07) is 0.457. The number of nitrogens with zero attached hydrogens (tertiary/aromatic N) is 1. The van der Waals surface area contributed by atoms with Gasteiger partial charge in [-0.3, -0.25) is 9.69 Å². The zero-order valence-corrected chi connectivity index (χ0v) is 12.3. The lowest BCUT2D eigenvalue weighted by Gasteiger charge is -2.31. The van der Waals surface area contributed by atoms with Crippen LogP contribution in [0.4, 0.5) is 0 Å². The molecule has 4 heteroatoms. The molecule has 1 amide bonds. The molecule has 110 valence electrons. The largest absolute Gasteiger partial charge is 0.352 e. The van der Waals surface area contributed by atoms with Crippen LogP contribution in [-0.4, -0.2) is 49.6 Å². The number of hydrogen-bond donors (Lipinski definition) is 2. The lowest BCUT2D eigenvalue weighted by molar-refractivity contribution is -0.123. The van der Waals surface area contributed by atoms with E-state index in [1.54, 1.807) is 0 Å². The summed E-state index contributed by atoms with van der Waals surface area (Å²) >= 11 is 0. The molecule has 0 aromatic rings. The van der Waals surface area contributed by atoms with Crippen molar-refractivity contribution in [3.05, 3.63) is 0 Å². The molecule has 1 aliphatic heterocycles. The topological polar surface area (TPSA) is 44.4 Å². The third-order valence-electron chi connectivity index (χ3n) is 4.48. The van der Waals surface area contributed by atoms with Crippen LogP contribution in [0, 0.1) is 5.92 Å². The molecule has 2 rings (SSSR count). The number of piperidine rings is 1. The van der Waals surface area contributed by atoms with E-state index in [1.807, 2.05) is 0 Å². The van der Waals surface area contributed by atoms with Crippen molar-refractivity contribution >= 4 is 5.91 Å². The predicted molar refractivity (Wildman–Crippen MR) is 78.1 cm³/mol. The minimum atomic E-state index is 0.233. The average Bonchev–Trinajstić information content (AvgIpc) is 2.90. The van der Waals surface area contributed by atoms with Crippen LogP contribution < -0.4 is 10.6 Å². The molecule has 0 atom stereocenters. The maximum absolute atomic E-state index is 12.0. The Morgan fingerprint density at radius 2 is 1.84 bits per heavy atom. The summed E-state index contributed by atoms with van der Waals surface area (Å²) in [6.45, 7) is 7.11. The van der Waals surface area contributed by atoms with Crippen LogP contribution in [0.1, 0.15) is 45.4 Å². The second-order valence-electron chi connectivity index (χ2n) is 6.08. The summed E-state index contributed by atoms with van der Waals surface area (Å²) < 4.78 is 0. The Balaban J connectivity index is 1.60. The average molecular weight is 267 g/mol. The first kappa shape index (κ1) is 14.8. The van der Waals surface area contributed by atoms with E-state index >= 15 is 0 Å². The Bertz CT molecular complexity index is 269. The van der Waals surface area contributed by atoms with Gasteiger partial charge in [0.25, 0.3) is 0 Å². The molecule has 19 heavy (non-hydrogen) atoms. The first-order chi connectivity index (χ1) is 9.28. The summed E-state index contributed by atoms with van der Waals surface area (Å²) in [7, 11) is 0. The molecule has 0 unspecified atom stereocenters. The molecule has 0 aromatic heterocycles. The van der Waals surface area contributed by atoms with Crippen LogP contribution in [0.3, 0.4) is 0 Å². The summed E-state index contributed by atoms with van der Waals surface area (Å²) in [4.78, 5) is 14.3. The van der Waals surface area contributed by atoms with Gasteiger partial charge in [-0.1, -0.05) is 19.8 Å². The van der Waals surface area contributed by atoms with Crippen molar-refractivity contribution in [1.29, 1.82) is 0 Å². The normalized spacial score (nSPS) is 22.8. The quantitative estimate of drug-likeness (QED) is 0.764. The number of hydrogen-bond acceptors (Lipinski definition) is 3. The van der Waals surface area contributed by atoms with E-state index in [-0.39, 0.29) is 5.91 Å². The Morgan fingerprint density at radius 3 is 2.47 bits per heavy atom. The summed E-state index contributed by atoms with van der Waals surface area (Å²) in [5.74, 6) is 1.03. The van der Waals surface area contributed by atoms with Crippen molar-refractivity contribution in [3.8, 4) is 0 Å². The number of rotatable bonds is 6. The first-order valence-electron chi connectivity index (χ1n) is 8.00. The van der Waals surface area contributed by atoms with Crippen molar-refractivity contribution in [2.75, 3.05) is 32.7 Å². The van der Waals surface area contributed by atoms with Crippen LogP contribution in [-0.2, 0) is 4.79 Å². The molecule has 2 N–H and O–H groups in total. The lowest BCUT2D eigenvalue weighted by Crippen LogP contribution is -2.44. The van der Waals surface area contributed by atoms with Gasteiger partial charge in [-0.05, 0) is 57.8 Å². The third-order valence-corrected chi connectivity index (χ3v) is 4.48. The van der Waals surface area contributed by atoms with Crippen molar-refractivity contribution in [1.82, 2.24) is 15.5 Å². The van der Waals surface area contributed by atoms with E-state index in [4.69, 9.17) is 0 Å². The van der Waals surface area contributed by atoms with Crippen LogP contribution >= 0.6 is 0 Å². The SMILES string of the molecule is CCNCC1CCN(CC(=O)NC2CCCC2)CC1. The van der Waals surface area contributed by atoms with Crippen LogP contribution in [0.5, 0.6) is 0 Å². The van der Waals surface area contributed by atoms with Gasteiger partial charge >= 0.3 is 0 Å². The summed E-state index contributed by atoms with van der Waals surface area (Å²) in [5, 5.41) is 6.60. The van der Waals surface area contributed by atoms with Crippen LogP contribution in [0.25, 0.3) is 0 Å². The Hall–Kier alpha value is -0.610. The van der Waals surface area contributed by atoms with E-state index in [1.165, 1.54) is 38.5 Å². The Labute approximate surface area is 117 Å². The minimum absolute atomic E-state index is 0.233. The van der Waals surface area contributed by atoms with Crippen LogP contribution in [0.2, 0.25) is 0 Å². The van der Waals surface area contributed by atoms with Gasteiger partial charge in [0.1, 0.15) is 0 Å². The maximum Gasteiger partial charge on any atom is 0.234 e. The van der Waals surface area contributed by atoms with E-state index in [2.05, 4.69) is 22.5 Å². The van der Waals surface area contributed by atoms with E-state index < -0.39 is 0 Å². The third kappa shape index (κ3) is 5.11. The molecule has 4 nitrogen and oxygen atoms in total. The molecule has 0 radical (unpaired) electrons. The van der Waals surface area contributed by atoms with Crippen molar-refractivity contribution < 1.29 is 4.79 Å². The van der Waals surface area contributed by atoms with Gasteiger partial charge in [0.15, 0.2) is 0 Å². The van der Waals surface area contributed by atoms with Crippen molar-refractivity contribution in [2.24, 2.45) is 5.92 Å². The van der Waals surface area contributed by atoms with Crippen LogP contribution in [0.15, 0.2) is 0 Å².